The molecule has 10 nitrogen and oxygen atoms in total. The highest BCUT2D eigenvalue weighted by Gasteiger charge is 2.50. The van der Waals surface area contributed by atoms with Crippen molar-refractivity contribution in [1.82, 2.24) is 9.97 Å². The van der Waals surface area contributed by atoms with Gasteiger partial charge in [0.15, 0.2) is 6.10 Å². The SMILES string of the molecule is CCOC(=O)c1ccc2cncc(N3CCC(OCCO[C@@H]4COC5C4OC[C@H]5[OH2+])CC3)c2n1. The smallest absolute Gasteiger partial charge is 0.356 e. The Kier molecular flexibility index (Phi) is 7.21. The van der Waals surface area contributed by atoms with Crippen LogP contribution in [0.5, 0.6) is 0 Å². The number of ether oxygens (including phenoxy) is 5. The second-order valence-corrected chi connectivity index (χ2v) is 8.82. The van der Waals surface area contributed by atoms with Gasteiger partial charge in [-0.15, -0.1) is 0 Å². The van der Waals surface area contributed by atoms with E-state index in [-0.39, 0.29) is 30.5 Å². The average molecular weight is 475 g/mol. The summed E-state index contributed by atoms with van der Waals surface area (Å²) >= 11 is 0. The van der Waals surface area contributed by atoms with E-state index in [0.29, 0.717) is 38.7 Å². The number of nitrogens with zero attached hydrogens (tertiary/aromatic N) is 3. The first-order valence-corrected chi connectivity index (χ1v) is 12.0. The molecule has 5 heterocycles. The molecule has 0 bridgehead atoms. The Bertz CT molecular complexity index is 998. The summed E-state index contributed by atoms with van der Waals surface area (Å²) in [5.41, 5.74) is 1.99. The zero-order valence-corrected chi connectivity index (χ0v) is 19.4. The second-order valence-electron chi connectivity index (χ2n) is 8.82. The summed E-state index contributed by atoms with van der Waals surface area (Å²) in [5, 5.41) is 8.79. The number of hydrogen-bond donors (Lipinski definition) is 0. The van der Waals surface area contributed by atoms with Crippen molar-refractivity contribution in [3.05, 3.63) is 30.2 Å². The number of aromatic nitrogens is 2. The minimum absolute atomic E-state index is 0.114. The molecule has 184 valence electrons. The minimum atomic E-state index is -0.416. The molecular weight excluding hydrogens is 442 g/mol. The number of rotatable bonds is 8. The molecular formula is C24H32N3O7+. The zero-order chi connectivity index (χ0) is 23.5. The Balaban J connectivity index is 1.11. The molecule has 3 saturated heterocycles. The van der Waals surface area contributed by atoms with Gasteiger partial charge < -0.3 is 33.7 Å². The molecule has 0 saturated carbocycles. The summed E-state index contributed by atoms with van der Waals surface area (Å²) in [6.07, 6.45) is 4.78. The number of fused-ring (bicyclic) bond motifs is 2. The maximum atomic E-state index is 12.1. The summed E-state index contributed by atoms with van der Waals surface area (Å²) in [6, 6.07) is 3.54. The molecule has 10 heteroatoms. The van der Waals surface area contributed by atoms with Crippen LogP contribution in [-0.4, -0.2) is 97.7 Å². The van der Waals surface area contributed by atoms with E-state index < -0.39 is 5.97 Å². The van der Waals surface area contributed by atoms with E-state index in [1.807, 2.05) is 12.3 Å². The molecule has 3 aliphatic rings. The molecule has 34 heavy (non-hydrogen) atoms. The number of esters is 1. The van der Waals surface area contributed by atoms with Gasteiger partial charge in [0.25, 0.3) is 0 Å². The van der Waals surface area contributed by atoms with Crippen LogP contribution in [-0.2, 0) is 23.7 Å². The highest BCUT2D eigenvalue weighted by molar-refractivity contribution is 5.95. The summed E-state index contributed by atoms with van der Waals surface area (Å²) in [5.74, 6) is -0.416. The predicted molar refractivity (Wildman–Crippen MR) is 123 cm³/mol. The van der Waals surface area contributed by atoms with Crippen molar-refractivity contribution in [2.75, 3.05) is 51.0 Å². The van der Waals surface area contributed by atoms with Crippen molar-refractivity contribution in [3.63, 3.8) is 0 Å². The quantitative estimate of drug-likeness (QED) is 0.315. The van der Waals surface area contributed by atoms with Gasteiger partial charge in [0.2, 0.25) is 6.10 Å². The van der Waals surface area contributed by atoms with Crippen molar-refractivity contribution >= 4 is 22.6 Å². The first-order chi connectivity index (χ1) is 16.6. The highest BCUT2D eigenvalue weighted by Crippen LogP contribution is 2.29. The van der Waals surface area contributed by atoms with Gasteiger partial charge in [0.1, 0.15) is 24.5 Å². The Morgan fingerprint density at radius 2 is 1.91 bits per heavy atom. The van der Waals surface area contributed by atoms with E-state index in [2.05, 4.69) is 14.9 Å². The third-order valence-corrected chi connectivity index (χ3v) is 6.62. The highest BCUT2D eigenvalue weighted by atomic mass is 16.6. The Morgan fingerprint density at radius 1 is 1.12 bits per heavy atom. The molecule has 2 aromatic rings. The Labute approximate surface area is 198 Å². The van der Waals surface area contributed by atoms with Crippen molar-refractivity contribution in [2.45, 2.75) is 50.3 Å². The molecule has 0 spiro atoms. The Morgan fingerprint density at radius 3 is 2.74 bits per heavy atom. The van der Waals surface area contributed by atoms with Crippen LogP contribution in [0.2, 0.25) is 0 Å². The molecule has 5 rings (SSSR count). The molecule has 0 aromatic carbocycles. The van der Waals surface area contributed by atoms with Crippen LogP contribution in [0.15, 0.2) is 24.5 Å². The Hall–Kier alpha value is -2.37. The van der Waals surface area contributed by atoms with Gasteiger partial charge in [-0.25, -0.2) is 9.78 Å². The lowest BCUT2D eigenvalue weighted by Gasteiger charge is -2.33. The van der Waals surface area contributed by atoms with Crippen LogP contribution < -0.4 is 4.90 Å². The minimum Gasteiger partial charge on any atom is -0.461 e. The van der Waals surface area contributed by atoms with Gasteiger partial charge >= 0.3 is 5.97 Å². The maximum Gasteiger partial charge on any atom is 0.356 e. The van der Waals surface area contributed by atoms with Crippen molar-refractivity contribution < 1.29 is 33.6 Å². The lowest BCUT2D eigenvalue weighted by atomic mass is 10.1. The molecule has 2 N–H and O–H groups in total. The number of piperidine rings is 1. The van der Waals surface area contributed by atoms with E-state index in [1.165, 1.54) is 0 Å². The van der Waals surface area contributed by atoms with E-state index in [4.69, 9.17) is 28.8 Å². The number of carbonyl (C=O) groups excluding carboxylic acids is 1. The van der Waals surface area contributed by atoms with Gasteiger partial charge in [0, 0.05) is 24.7 Å². The largest absolute Gasteiger partial charge is 0.461 e. The lowest BCUT2D eigenvalue weighted by Crippen LogP contribution is -2.38. The van der Waals surface area contributed by atoms with Crippen LogP contribution in [0.1, 0.15) is 30.3 Å². The van der Waals surface area contributed by atoms with Crippen LogP contribution in [0.25, 0.3) is 10.9 Å². The first-order valence-electron chi connectivity index (χ1n) is 12.0. The molecule has 3 aliphatic heterocycles. The van der Waals surface area contributed by atoms with Gasteiger partial charge in [0.05, 0.1) is 49.9 Å². The fourth-order valence-electron chi connectivity index (χ4n) is 4.86. The van der Waals surface area contributed by atoms with Crippen LogP contribution in [0.3, 0.4) is 0 Å². The second kappa shape index (κ2) is 10.5. The monoisotopic (exact) mass is 474 g/mol. The summed E-state index contributed by atoms with van der Waals surface area (Å²) in [4.78, 5) is 23.3. The van der Waals surface area contributed by atoms with Crippen LogP contribution in [0.4, 0.5) is 5.69 Å². The first kappa shape index (κ1) is 23.4. The van der Waals surface area contributed by atoms with Crippen LogP contribution >= 0.6 is 0 Å². The van der Waals surface area contributed by atoms with Gasteiger partial charge in [-0.2, -0.15) is 0 Å². The molecule has 0 radical (unpaired) electrons. The van der Waals surface area contributed by atoms with Gasteiger partial charge in [-0.3, -0.25) is 4.98 Å². The van der Waals surface area contributed by atoms with E-state index in [1.54, 1.807) is 19.2 Å². The van der Waals surface area contributed by atoms with Crippen LogP contribution in [0, 0.1) is 0 Å². The van der Waals surface area contributed by atoms with Crippen molar-refractivity contribution in [2.24, 2.45) is 0 Å². The maximum absolute atomic E-state index is 12.1. The average Bonchev–Trinajstić information content (AvgIpc) is 3.44. The fourth-order valence-corrected chi connectivity index (χ4v) is 4.86. The number of carbonyl (C=O) groups is 1. The summed E-state index contributed by atoms with van der Waals surface area (Å²) in [7, 11) is 0. The molecule has 3 fully saturated rings. The number of hydrogen-bond acceptors (Lipinski definition) is 9. The normalized spacial score (nSPS) is 27.3. The molecule has 0 aliphatic carbocycles. The standard InChI is InChI=1S/C24H31N3O7/c1-2-30-24(29)17-4-3-15-11-25-12-18(21(15)26-17)27-7-5-16(6-8-27)31-9-10-32-20-14-34-22-19(28)13-33-23(20)22/h3-4,11-12,16,19-20,22-23,28H,2,5-10,13-14H2,1H3/p+1/t19-,20-,22?,23?/m1/s1. The van der Waals surface area contributed by atoms with Crippen molar-refractivity contribution in [1.29, 1.82) is 0 Å². The lowest BCUT2D eigenvalue weighted by molar-refractivity contribution is -0.0655. The third-order valence-electron chi connectivity index (χ3n) is 6.62. The van der Waals surface area contributed by atoms with E-state index >= 15 is 0 Å². The molecule has 0 amide bonds. The topological polar surface area (TPSA) is 115 Å². The summed E-state index contributed by atoms with van der Waals surface area (Å²) in [6.45, 7) is 5.62. The molecule has 2 aromatic heterocycles. The predicted octanol–water partition coefficient (Wildman–Crippen LogP) is 1.07. The van der Waals surface area contributed by atoms with Gasteiger partial charge in [-0.05, 0) is 31.9 Å². The van der Waals surface area contributed by atoms with Crippen molar-refractivity contribution in [3.8, 4) is 0 Å². The fraction of sp³-hybridized carbons (Fsp3) is 0.625. The van der Waals surface area contributed by atoms with E-state index in [0.717, 1.165) is 42.5 Å². The zero-order valence-electron chi connectivity index (χ0n) is 19.4. The number of pyridine rings is 2. The molecule has 2 unspecified atom stereocenters. The molecule has 4 atom stereocenters. The summed E-state index contributed by atoms with van der Waals surface area (Å²) < 4.78 is 28.4. The van der Waals surface area contributed by atoms with Gasteiger partial charge in [-0.1, -0.05) is 0 Å². The number of anilines is 1. The third kappa shape index (κ3) is 4.87. The van der Waals surface area contributed by atoms with E-state index in [9.17, 15) is 4.79 Å².